The first-order valence-electron chi connectivity index (χ1n) is 9.70. The molecule has 29 heavy (non-hydrogen) atoms. The van der Waals surface area contributed by atoms with Gasteiger partial charge in [-0.15, -0.1) is 0 Å². The molecule has 1 unspecified atom stereocenters. The number of nitrogens with one attached hydrogen (secondary N) is 2. The number of aromatic nitrogens is 3. The third-order valence-electron chi connectivity index (χ3n) is 5.49. The minimum atomic E-state index is -0.677. The number of piperidine rings is 1. The van der Waals surface area contributed by atoms with Crippen LogP contribution >= 0.6 is 0 Å². The number of nitrogen functional groups attached to an aromatic ring is 1. The Kier molecular flexibility index (Phi) is 4.92. The number of nitrogens with zero attached hydrogens (tertiary/aromatic N) is 3. The monoisotopic (exact) mass is 392 g/mol. The fourth-order valence-corrected chi connectivity index (χ4v) is 3.93. The molecule has 4 rings (SSSR count). The molecule has 2 aromatic heterocycles. The van der Waals surface area contributed by atoms with Crippen molar-refractivity contribution >= 4 is 34.4 Å². The van der Waals surface area contributed by atoms with E-state index in [0.717, 1.165) is 35.0 Å². The van der Waals surface area contributed by atoms with Crippen molar-refractivity contribution in [2.24, 2.45) is 5.92 Å². The molecular formula is C21H24N6O2. The molecule has 8 nitrogen and oxygen atoms in total. The second-order valence-electron chi connectivity index (χ2n) is 7.68. The number of pyridine rings is 1. The lowest BCUT2D eigenvalue weighted by molar-refractivity contribution is -0.146. The van der Waals surface area contributed by atoms with Crippen molar-refractivity contribution in [1.29, 1.82) is 0 Å². The molecule has 1 aromatic carbocycles. The number of rotatable bonds is 2. The molecule has 4 N–H and O–H groups in total. The number of carbonyl (C=O) groups is 2. The summed E-state index contributed by atoms with van der Waals surface area (Å²) in [5.74, 6) is -0.513. The van der Waals surface area contributed by atoms with Crippen LogP contribution in [0.4, 0.5) is 11.5 Å². The molecule has 2 amide bonds. The van der Waals surface area contributed by atoms with Crippen LogP contribution in [0, 0.1) is 12.8 Å². The minimum absolute atomic E-state index is 0.192. The van der Waals surface area contributed by atoms with Crippen molar-refractivity contribution in [2.45, 2.75) is 32.7 Å². The molecule has 3 aromatic rings. The summed E-state index contributed by atoms with van der Waals surface area (Å²) in [5, 5.41) is 2.66. The van der Waals surface area contributed by atoms with Crippen LogP contribution in [0.5, 0.6) is 0 Å². The third-order valence-corrected chi connectivity index (χ3v) is 5.49. The number of hydrogen-bond donors (Lipinski definition) is 3. The summed E-state index contributed by atoms with van der Waals surface area (Å²) in [4.78, 5) is 39.1. The number of benzene rings is 1. The lowest BCUT2D eigenvalue weighted by Crippen LogP contribution is -2.46. The zero-order valence-electron chi connectivity index (χ0n) is 16.5. The number of para-hydroxylation sites is 1. The molecule has 150 valence electrons. The number of fused-ring (bicyclic) bond motifs is 1. The van der Waals surface area contributed by atoms with E-state index in [1.54, 1.807) is 24.2 Å². The summed E-state index contributed by atoms with van der Waals surface area (Å²) >= 11 is 0. The largest absolute Gasteiger partial charge is 0.383 e. The summed E-state index contributed by atoms with van der Waals surface area (Å²) in [6.07, 6.45) is 4.87. The number of amides is 2. The second-order valence-corrected chi connectivity index (χ2v) is 7.68. The first-order chi connectivity index (χ1) is 13.9. The Morgan fingerprint density at radius 3 is 2.90 bits per heavy atom. The molecule has 0 saturated carbocycles. The van der Waals surface area contributed by atoms with E-state index in [2.05, 4.69) is 27.2 Å². The van der Waals surface area contributed by atoms with Crippen molar-refractivity contribution in [2.75, 3.05) is 17.6 Å². The lowest BCUT2D eigenvalue weighted by Gasteiger charge is -2.38. The van der Waals surface area contributed by atoms with Gasteiger partial charge in [-0.05, 0) is 43.4 Å². The van der Waals surface area contributed by atoms with Gasteiger partial charge in [0.25, 0.3) is 0 Å². The third kappa shape index (κ3) is 3.65. The smallest absolute Gasteiger partial charge is 0.313 e. The summed E-state index contributed by atoms with van der Waals surface area (Å²) in [7, 11) is 0. The van der Waals surface area contributed by atoms with Crippen molar-refractivity contribution in [3.05, 3.63) is 47.9 Å². The zero-order chi connectivity index (χ0) is 20.5. The molecule has 1 aliphatic rings. The number of imidazole rings is 1. The Bertz CT molecular complexity index is 1080. The van der Waals surface area contributed by atoms with Gasteiger partial charge < -0.3 is 20.9 Å². The van der Waals surface area contributed by atoms with E-state index >= 15 is 0 Å². The number of carbonyl (C=O) groups excluding carboxylic acids is 2. The van der Waals surface area contributed by atoms with Crippen LogP contribution in [0.1, 0.15) is 36.9 Å². The van der Waals surface area contributed by atoms with Gasteiger partial charge in [-0.3, -0.25) is 9.59 Å². The molecule has 0 aliphatic carbocycles. The predicted molar refractivity (Wildman–Crippen MR) is 111 cm³/mol. The van der Waals surface area contributed by atoms with Gasteiger partial charge in [-0.1, -0.05) is 19.1 Å². The molecule has 0 bridgehead atoms. The minimum Gasteiger partial charge on any atom is -0.383 e. The van der Waals surface area contributed by atoms with Crippen LogP contribution in [0.2, 0.25) is 0 Å². The molecule has 1 aliphatic heterocycles. The van der Waals surface area contributed by atoms with Crippen molar-refractivity contribution in [3.63, 3.8) is 0 Å². The van der Waals surface area contributed by atoms with Crippen LogP contribution < -0.4 is 11.1 Å². The second kappa shape index (κ2) is 7.54. The Morgan fingerprint density at radius 2 is 2.10 bits per heavy atom. The topological polar surface area (TPSA) is 117 Å². The van der Waals surface area contributed by atoms with E-state index in [1.165, 1.54) is 6.20 Å². The van der Waals surface area contributed by atoms with Crippen molar-refractivity contribution < 1.29 is 9.59 Å². The van der Waals surface area contributed by atoms with Gasteiger partial charge in [-0.25, -0.2) is 9.97 Å². The highest BCUT2D eigenvalue weighted by molar-refractivity contribution is 6.39. The van der Waals surface area contributed by atoms with E-state index in [1.807, 2.05) is 18.2 Å². The van der Waals surface area contributed by atoms with E-state index in [9.17, 15) is 9.59 Å². The fourth-order valence-electron chi connectivity index (χ4n) is 3.93. The van der Waals surface area contributed by atoms with Gasteiger partial charge in [0.05, 0.1) is 35.3 Å². The van der Waals surface area contributed by atoms with Crippen LogP contribution in [0.3, 0.4) is 0 Å². The van der Waals surface area contributed by atoms with Gasteiger partial charge >= 0.3 is 11.8 Å². The highest BCUT2D eigenvalue weighted by Crippen LogP contribution is 2.36. The van der Waals surface area contributed by atoms with Crippen molar-refractivity contribution in [3.8, 4) is 0 Å². The van der Waals surface area contributed by atoms with Gasteiger partial charge in [0.1, 0.15) is 5.82 Å². The number of aryl methyl sites for hydroxylation is 1. The van der Waals surface area contributed by atoms with Crippen LogP contribution in [-0.4, -0.2) is 38.2 Å². The van der Waals surface area contributed by atoms with E-state index in [-0.39, 0.29) is 6.04 Å². The highest BCUT2D eigenvalue weighted by Gasteiger charge is 2.35. The average Bonchev–Trinajstić information content (AvgIpc) is 3.19. The Morgan fingerprint density at radius 1 is 1.28 bits per heavy atom. The number of H-pyrrole nitrogens is 1. The maximum atomic E-state index is 13.1. The Labute approximate surface area is 168 Å². The Balaban J connectivity index is 1.61. The maximum absolute atomic E-state index is 13.1. The molecule has 1 fully saturated rings. The number of anilines is 2. The standard InChI is InChI=1S/C21H24N6O2/c1-12-6-7-17(15-4-3-5-16-18(15)25-11-24-16)27(10-12)21(29)20(28)26-14-8-13(2)19(22)23-9-14/h3-5,8-9,11-12,17H,6-7,10H2,1-2H3,(H2,22,23)(H,24,25)(H,26,28)/t12-,17?/m0/s1. The summed E-state index contributed by atoms with van der Waals surface area (Å²) in [6.45, 7) is 4.42. The quantitative estimate of drug-likeness (QED) is 0.580. The van der Waals surface area contributed by atoms with Gasteiger partial charge in [0.2, 0.25) is 0 Å². The number of aromatic amines is 1. The lowest BCUT2D eigenvalue weighted by atomic mass is 9.89. The van der Waals surface area contributed by atoms with Gasteiger partial charge in [0, 0.05) is 12.1 Å². The highest BCUT2D eigenvalue weighted by atomic mass is 16.2. The first kappa shape index (κ1) is 18.9. The summed E-state index contributed by atoms with van der Waals surface area (Å²) in [6, 6.07) is 7.39. The SMILES string of the molecule is Cc1cc(NC(=O)C(=O)N2C[C@@H](C)CCC2c2cccc3[nH]cnc23)cnc1N. The molecule has 3 heterocycles. The molecule has 0 spiro atoms. The van der Waals surface area contributed by atoms with E-state index in [0.29, 0.717) is 24.0 Å². The number of hydrogen-bond acceptors (Lipinski definition) is 5. The normalized spacial score (nSPS) is 19.3. The molecule has 8 heteroatoms. The average molecular weight is 392 g/mol. The summed E-state index contributed by atoms with van der Waals surface area (Å²) in [5.41, 5.74) is 9.63. The van der Waals surface area contributed by atoms with Crippen LogP contribution in [-0.2, 0) is 9.59 Å². The molecule has 0 radical (unpaired) electrons. The van der Waals surface area contributed by atoms with E-state index < -0.39 is 11.8 Å². The summed E-state index contributed by atoms with van der Waals surface area (Å²) < 4.78 is 0. The van der Waals surface area contributed by atoms with E-state index in [4.69, 9.17) is 5.73 Å². The molecule has 2 atom stereocenters. The zero-order valence-corrected chi connectivity index (χ0v) is 16.5. The predicted octanol–water partition coefficient (Wildman–Crippen LogP) is 2.79. The van der Waals surface area contributed by atoms with Crippen LogP contribution in [0.15, 0.2) is 36.8 Å². The van der Waals surface area contributed by atoms with Gasteiger partial charge in [0.15, 0.2) is 0 Å². The van der Waals surface area contributed by atoms with Crippen molar-refractivity contribution in [1.82, 2.24) is 19.9 Å². The van der Waals surface area contributed by atoms with Crippen LogP contribution in [0.25, 0.3) is 11.0 Å². The number of nitrogens with two attached hydrogens (primary N) is 1. The van der Waals surface area contributed by atoms with Gasteiger partial charge in [-0.2, -0.15) is 0 Å². The maximum Gasteiger partial charge on any atom is 0.313 e. The molecule has 1 saturated heterocycles. The Hall–Kier alpha value is -3.42. The fraction of sp³-hybridized carbons (Fsp3) is 0.333. The first-order valence-corrected chi connectivity index (χ1v) is 9.70. The molecular weight excluding hydrogens is 368 g/mol. The number of likely N-dealkylation sites (tertiary alicyclic amines) is 1.